The van der Waals surface area contributed by atoms with E-state index >= 15 is 0 Å². The maximum absolute atomic E-state index is 13.4. The van der Waals surface area contributed by atoms with Gasteiger partial charge in [0.2, 0.25) is 5.78 Å². The average molecular weight is 280 g/mol. The first-order valence-corrected chi connectivity index (χ1v) is 5.84. The van der Waals surface area contributed by atoms with Crippen LogP contribution < -0.4 is 4.74 Å². The lowest BCUT2D eigenvalue weighted by Crippen LogP contribution is -2.13. The molecule has 0 bridgehead atoms. The number of hydrogen-bond donors (Lipinski definition) is 0. The molecule has 0 saturated heterocycles. The van der Waals surface area contributed by atoms with E-state index in [1.165, 1.54) is 18.2 Å². The van der Waals surface area contributed by atoms with Gasteiger partial charge in [-0.05, 0) is 48.9 Å². The third-order valence-corrected chi connectivity index (χ3v) is 2.73. The molecule has 0 spiro atoms. The number of halogens is 3. The summed E-state index contributed by atoms with van der Waals surface area (Å²) in [6.07, 6.45) is 0. The zero-order valence-corrected chi connectivity index (χ0v) is 10.6. The molecule has 5 heteroatoms. The summed E-state index contributed by atoms with van der Waals surface area (Å²) in [5.74, 6) is -2.31. The smallest absolute Gasteiger partial charge is 0.203 e. The molecule has 0 aliphatic rings. The van der Waals surface area contributed by atoms with E-state index in [1.54, 1.807) is 6.92 Å². The Morgan fingerprint density at radius 3 is 2.45 bits per heavy atom. The summed E-state index contributed by atoms with van der Waals surface area (Å²) in [6, 6.07) is 6.61. The fraction of sp³-hybridized carbons (Fsp3) is 0.133. The van der Waals surface area contributed by atoms with Crippen LogP contribution in [0.25, 0.3) is 0 Å². The monoisotopic (exact) mass is 280 g/mol. The van der Waals surface area contributed by atoms with Gasteiger partial charge in [-0.1, -0.05) is 0 Å². The minimum absolute atomic E-state index is 0.286. The SMILES string of the molecule is Cc1cc(OCC(=O)c2cc(F)ccc2F)ccc1F. The predicted octanol–water partition coefficient (Wildman–Crippen LogP) is 3.67. The van der Waals surface area contributed by atoms with Crippen LogP contribution in [0.4, 0.5) is 13.2 Å². The van der Waals surface area contributed by atoms with E-state index in [0.717, 1.165) is 18.2 Å². The average Bonchev–Trinajstić information content (AvgIpc) is 2.42. The van der Waals surface area contributed by atoms with Gasteiger partial charge in [0.25, 0.3) is 0 Å². The number of ketones is 1. The molecular weight excluding hydrogens is 269 g/mol. The second-order valence-corrected chi connectivity index (χ2v) is 4.25. The fourth-order valence-corrected chi connectivity index (χ4v) is 1.64. The van der Waals surface area contributed by atoms with Crippen molar-refractivity contribution in [3.05, 3.63) is 65.0 Å². The van der Waals surface area contributed by atoms with Crippen molar-refractivity contribution in [2.45, 2.75) is 6.92 Å². The Kier molecular flexibility index (Phi) is 4.08. The molecule has 2 aromatic carbocycles. The minimum Gasteiger partial charge on any atom is -0.485 e. The van der Waals surface area contributed by atoms with Crippen molar-refractivity contribution >= 4 is 5.78 Å². The highest BCUT2D eigenvalue weighted by Gasteiger charge is 2.13. The van der Waals surface area contributed by atoms with Gasteiger partial charge in [0.05, 0.1) is 5.56 Å². The maximum Gasteiger partial charge on any atom is 0.203 e. The van der Waals surface area contributed by atoms with Crippen molar-refractivity contribution in [2.75, 3.05) is 6.61 Å². The molecule has 0 heterocycles. The van der Waals surface area contributed by atoms with Gasteiger partial charge in [0.15, 0.2) is 6.61 Å². The summed E-state index contributed by atoms with van der Waals surface area (Å²) < 4.78 is 44.5. The van der Waals surface area contributed by atoms with E-state index < -0.39 is 24.0 Å². The molecule has 0 aromatic heterocycles. The van der Waals surface area contributed by atoms with E-state index in [-0.39, 0.29) is 17.1 Å². The molecule has 0 fully saturated rings. The Bertz CT molecular complexity index is 654. The number of ether oxygens (including phenoxy) is 1. The Morgan fingerprint density at radius 2 is 1.75 bits per heavy atom. The quantitative estimate of drug-likeness (QED) is 0.799. The molecule has 0 aliphatic carbocycles. The summed E-state index contributed by atoms with van der Waals surface area (Å²) in [6.45, 7) is 1.10. The molecule has 0 saturated carbocycles. The van der Waals surface area contributed by atoms with Gasteiger partial charge in [-0.15, -0.1) is 0 Å². The summed E-state index contributed by atoms with van der Waals surface area (Å²) in [5, 5.41) is 0. The number of hydrogen-bond acceptors (Lipinski definition) is 2. The van der Waals surface area contributed by atoms with Crippen molar-refractivity contribution in [3.63, 3.8) is 0 Å². The molecule has 2 rings (SSSR count). The summed E-state index contributed by atoms with van der Waals surface area (Å²) in [4.78, 5) is 11.7. The maximum atomic E-state index is 13.4. The van der Waals surface area contributed by atoms with Crippen molar-refractivity contribution < 1.29 is 22.7 Å². The molecule has 2 nitrogen and oxygen atoms in total. The first-order chi connectivity index (χ1) is 9.47. The van der Waals surface area contributed by atoms with Crippen LogP contribution in [0.3, 0.4) is 0 Å². The second-order valence-electron chi connectivity index (χ2n) is 4.25. The van der Waals surface area contributed by atoms with Gasteiger partial charge < -0.3 is 4.74 Å². The van der Waals surface area contributed by atoms with E-state index in [9.17, 15) is 18.0 Å². The fourth-order valence-electron chi connectivity index (χ4n) is 1.64. The van der Waals surface area contributed by atoms with Crippen LogP contribution in [-0.2, 0) is 0 Å². The van der Waals surface area contributed by atoms with Crippen molar-refractivity contribution in [2.24, 2.45) is 0 Å². The van der Waals surface area contributed by atoms with E-state index in [0.29, 0.717) is 5.56 Å². The highest BCUT2D eigenvalue weighted by molar-refractivity contribution is 5.97. The largest absolute Gasteiger partial charge is 0.485 e. The normalized spacial score (nSPS) is 10.4. The number of aryl methyl sites for hydroxylation is 1. The van der Waals surface area contributed by atoms with E-state index in [1.807, 2.05) is 0 Å². The summed E-state index contributed by atoms with van der Waals surface area (Å²) in [5.41, 5.74) is -0.00396. The first-order valence-electron chi connectivity index (χ1n) is 5.84. The van der Waals surface area contributed by atoms with E-state index in [2.05, 4.69) is 0 Å². The number of carbonyl (C=O) groups is 1. The molecule has 0 aliphatic heterocycles. The molecule has 0 N–H and O–H groups in total. The minimum atomic E-state index is -0.810. The summed E-state index contributed by atoms with van der Waals surface area (Å²) >= 11 is 0. The van der Waals surface area contributed by atoms with E-state index in [4.69, 9.17) is 4.74 Å². The molecule has 104 valence electrons. The number of Topliss-reactive ketones (excluding diaryl/α,β-unsaturated/α-hetero) is 1. The summed E-state index contributed by atoms with van der Waals surface area (Å²) in [7, 11) is 0. The Balaban J connectivity index is 2.08. The number of benzene rings is 2. The van der Waals surface area contributed by atoms with Gasteiger partial charge in [-0.3, -0.25) is 4.79 Å². The third kappa shape index (κ3) is 3.17. The highest BCUT2D eigenvalue weighted by atomic mass is 19.1. The second kappa shape index (κ2) is 5.77. The molecule has 0 atom stereocenters. The van der Waals surface area contributed by atoms with Crippen molar-refractivity contribution in [1.29, 1.82) is 0 Å². The topological polar surface area (TPSA) is 26.3 Å². The van der Waals surface area contributed by atoms with Crippen LogP contribution in [0.15, 0.2) is 36.4 Å². The van der Waals surface area contributed by atoms with Crippen LogP contribution in [0.2, 0.25) is 0 Å². The number of rotatable bonds is 4. The molecular formula is C15H11F3O2. The predicted molar refractivity (Wildman–Crippen MR) is 67.3 cm³/mol. The van der Waals surface area contributed by atoms with Crippen molar-refractivity contribution in [1.82, 2.24) is 0 Å². The Labute approximate surface area is 113 Å². The van der Waals surface area contributed by atoms with Gasteiger partial charge in [0.1, 0.15) is 23.2 Å². The van der Waals surface area contributed by atoms with Gasteiger partial charge >= 0.3 is 0 Å². The molecule has 0 radical (unpaired) electrons. The van der Waals surface area contributed by atoms with Crippen molar-refractivity contribution in [3.8, 4) is 5.75 Å². The Morgan fingerprint density at radius 1 is 1.05 bits per heavy atom. The first kappa shape index (κ1) is 14.1. The van der Waals surface area contributed by atoms with Crippen LogP contribution in [0, 0.1) is 24.4 Å². The zero-order chi connectivity index (χ0) is 14.7. The molecule has 0 amide bonds. The van der Waals surface area contributed by atoms with Crippen LogP contribution in [0.1, 0.15) is 15.9 Å². The molecule has 0 unspecified atom stereocenters. The van der Waals surface area contributed by atoms with Crippen LogP contribution >= 0.6 is 0 Å². The lowest BCUT2D eigenvalue weighted by Gasteiger charge is -2.07. The zero-order valence-electron chi connectivity index (χ0n) is 10.6. The Hall–Kier alpha value is -2.30. The lowest BCUT2D eigenvalue weighted by molar-refractivity contribution is 0.0917. The highest BCUT2D eigenvalue weighted by Crippen LogP contribution is 2.17. The molecule has 20 heavy (non-hydrogen) atoms. The van der Waals surface area contributed by atoms with Crippen LogP contribution in [-0.4, -0.2) is 12.4 Å². The molecule has 2 aromatic rings. The van der Waals surface area contributed by atoms with Crippen LogP contribution in [0.5, 0.6) is 5.75 Å². The number of carbonyl (C=O) groups excluding carboxylic acids is 1. The van der Waals surface area contributed by atoms with Gasteiger partial charge in [-0.25, -0.2) is 13.2 Å². The lowest BCUT2D eigenvalue weighted by atomic mass is 10.1. The standard InChI is InChI=1S/C15H11F3O2/c1-9-6-11(3-5-13(9)17)20-8-15(19)12-7-10(16)2-4-14(12)18/h2-7H,8H2,1H3. The third-order valence-electron chi connectivity index (χ3n) is 2.73. The van der Waals surface area contributed by atoms with Gasteiger partial charge in [0, 0.05) is 0 Å². The van der Waals surface area contributed by atoms with Gasteiger partial charge in [-0.2, -0.15) is 0 Å².